The van der Waals surface area contributed by atoms with E-state index in [0.717, 1.165) is 17.4 Å². The lowest BCUT2D eigenvalue weighted by molar-refractivity contribution is -0.151. The first-order valence-corrected chi connectivity index (χ1v) is 9.63. The Balaban J connectivity index is 2.01. The van der Waals surface area contributed by atoms with Crippen LogP contribution in [-0.2, 0) is 30.9 Å². The maximum atomic E-state index is 14.6. The molecule has 8 heteroatoms. The number of carboxylic acid groups (broad SMARTS) is 1. The molecule has 2 unspecified atom stereocenters. The lowest BCUT2D eigenvalue weighted by atomic mass is 9.72. The topological polar surface area (TPSA) is 115 Å². The van der Waals surface area contributed by atoms with E-state index in [1.54, 1.807) is 19.9 Å². The molecule has 1 aromatic heterocycles. The number of carbonyl (C=O) groups is 2. The van der Waals surface area contributed by atoms with Gasteiger partial charge in [-0.25, -0.2) is 9.18 Å². The maximum Gasteiger partial charge on any atom is 0.374 e. The van der Waals surface area contributed by atoms with Crippen molar-refractivity contribution >= 4 is 22.8 Å². The molecular formula is C23H21FN2O5. The minimum atomic E-state index is -1.64. The molecule has 1 aliphatic heterocycles. The van der Waals surface area contributed by atoms with Gasteiger partial charge in [0, 0.05) is 16.6 Å². The smallest absolute Gasteiger partial charge is 0.374 e. The molecule has 0 saturated heterocycles. The van der Waals surface area contributed by atoms with Crippen LogP contribution in [0.15, 0.2) is 54.5 Å². The number of amides is 1. The number of benzene rings is 2. The zero-order valence-corrected chi connectivity index (χ0v) is 16.9. The van der Waals surface area contributed by atoms with Crippen LogP contribution in [0.25, 0.3) is 10.9 Å². The number of halogens is 1. The number of carbonyl (C=O) groups excluding carboxylic acids is 1. The number of rotatable bonds is 6. The lowest BCUT2D eigenvalue weighted by Crippen LogP contribution is -2.53. The summed E-state index contributed by atoms with van der Waals surface area (Å²) >= 11 is 0. The summed E-state index contributed by atoms with van der Waals surface area (Å²) < 4.78 is 25.7. The third-order valence-electron chi connectivity index (χ3n) is 5.66. The van der Waals surface area contributed by atoms with Crippen molar-refractivity contribution < 1.29 is 28.6 Å². The number of carboxylic acids is 1. The first-order valence-electron chi connectivity index (χ1n) is 9.63. The Labute approximate surface area is 177 Å². The number of aliphatic carboxylic acids is 1. The van der Waals surface area contributed by atoms with Crippen LogP contribution in [0.4, 0.5) is 4.39 Å². The molecule has 4 N–H and O–H groups in total. The highest BCUT2D eigenvalue weighted by Gasteiger charge is 2.54. The maximum absolute atomic E-state index is 14.6. The van der Waals surface area contributed by atoms with Gasteiger partial charge in [-0.1, -0.05) is 36.4 Å². The summed E-state index contributed by atoms with van der Waals surface area (Å²) in [6.45, 7) is 3.50. The molecule has 3 aromatic rings. The van der Waals surface area contributed by atoms with Gasteiger partial charge in [-0.3, -0.25) is 4.79 Å². The lowest BCUT2D eigenvalue weighted by Gasteiger charge is -2.35. The molecule has 2 heterocycles. The number of aromatic nitrogens is 1. The molecule has 0 bridgehead atoms. The molecule has 160 valence electrons. The number of hydrogen-bond acceptors (Lipinski definition) is 4. The number of primary amides is 1. The predicted octanol–water partition coefficient (Wildman–Crippen LogP) is 3.19. The third kappa shape index (κ3) is 3.20. The van der Waals surface area contributed by atoms with E-state index in [2.05, 4.69) is 4.98 Å². The quantitative estimate of drug-likeness (QED) is 0.562. The van der Waals surface area contributed by atoms with Crippen LogP contribution in [-0.4, -0.2) is 28.3 Å². The largest absolute Gasteiger partial charge is 0.475 e. The van der Waals surface area contributed by atoms with Gasteiger partial charge in [0.25, 0.3) is 6.29 Å². The molecule has 4 rings (SSSR count). The number of nitrogens with two attached hydrogens (primary N) is 1. The van der Waals surface area contributed by atoms with Crippen molar-refractivity contribution in [2.45, 2.75) is 32.0 Å². The van der Waals surface area contributed by atoms with E-state index in [0.29, 0.717) is 16.6 Å². The van der Waals surface area contributed by atoms with Gasteiger partial charge < -0.3 is 25.3 Å². The molecule has 0 fully saturated rings. The van der Waals surface area contributed by atoms with Crippen LogP contribution in [0.5, 0.6) is 0 Å². The van der Waals surface area contributed by atoms with E-state index < -0.39 is 35.2 Å². The molecule has 0 radical (unpaired) electrons. The Morgan fingerprint density at radius 2 is 1.90 bits per heavy atom. The number of ether oxygens (including phenoxy) is 2. The van der Waals surface area contributed by atoms with Gasteiger partial charge in [0.2, 0.25) is 11.7 Å². The molecule has 0 saturated carbocycles. The number of H-pyrrole nitrogens is 1. The summed E-state index contributed by atoms with van der Waals surface area (Å²) in [5.74, 6) is -3.04. The van der Waals surface area contributed by atoms with Gasteiger partial charge >= 0.3 is 5.97 Å². The number of hydrogen-bond donors (Lipinski definition) is 3. The van der Waals surface area contributed by atoms with Gasteiger partial charge in [-0.2, -0.15) is 0 Å². The van der Waals surface area contributed by atoms with E-state index >= 15 is 0 Å². The molecule has 0 aliphatic carbocycles. The Kier molecular flexibility index (Phi) is 4.93. The van der Waals surface area contributed by atoms with Crippen molar-refractivity contribution in [3.8, 4) is 0 Å². The number of aryl methyl sites for hydroxylation is 2. The molecule has 1 amide bonds. The third-order valence-corrected chi connectivity index (χ3v) is 5.66. The van der Waals surface area contributed by atoms with Crippen molar-refractivity contribution in [1.29, 1.82) is 0 Å². The first kappa shape index (κ1) is 20.5. The van der Waals surface area contributed by atoms with Crippen LogP contribution in [0, 0.1) is 19.7 Å². The van der Waals surface area contributed by atoms with Crippen molar-refractivity contribution in [1.82, 2.24) is 4.98 Å². The van der Waals surface area contributed by atoms with Crippen LogP contribution >= 0.6 is 0 Å². The van der Waals surface area contributed by atoms with Gasteiger partial charge in [-0.15, -0.1) is 0 Å². The SMILES string of the molecule is Cc1[nH]c2c(F)ccc(C)c2c1C(Cc1ccccc1)(C(N)=O)C1OC=C(C(=O)O)O1. The standard InChI is InChI=1S/C23H21FN2O5/c1-12-8-9-15(24)19-17(12)18(13(2)26-19)23(21(25)29,10-14-6-4-3-5-7-14)22-30-11-16(31-22)20(27)28/h3-9,11,22,26H,10H2,1-2H3,(H2,25,29)(H,27,28). The zero-order chi connectivity index (χ0) is 22.3. The normalized spacial score (nSPS) is 17.5. The second kappa shape index (κ2) is 7.46. The van der Waals surface area contributed by atoms with Crippen LogP contribution in [0.3, 0.4) is 0 Å². The van der Waals surface area contributed by atoms with E-state index in [1.807, 2.05) is 30.3 Å². The second-order valence-electron chi connectivity index (χ2n) is 7.61. The molecule has 1 aliphatic rings. The van der Waals surface area contributed by atoms with E-state index in [1.165, 1.54) is 6.07 Å². The summed E-state index contributed by atoms with van der Waals surface area (Å²) in [7, 11) is 0. The van der Waals surface area contributed by atoms with Gasteiger partial charge in [-0.05, 0) is 37.5 Å². The second-order valence-corrected chi connectivity index (χ2v) is 7.61. The Morgan fingerprint density at radius 3 is 2.52 bits per heavy atom. The fraction of sp³-hybridized carbons (Fsp3) is 0.217. The highest BCUT2D eigenvalue weighted by Crippen LogP contribution is 2.44. The Hall–Kier alpha value is -3.81. The summed E-state index contributed by atoms with van der Waals surface area (Å²) in [6, 6.07) is 12.0. The van der Waals surface area contributed by atoms with Crippen LogP contribution < -0.4 is 5.73 Å². The highest BCUT2D eigenvalue weighted by molar-refractivity contribution is 5.98. The summed E-state index contributed by atoms with van der Waals surface area (Å²) in [6.07, 6.45) is -0.345. The minimum absolute atomic E-state index is 0.0539. The average Bonchev–Trinajstić information content (AvgIpc) is 3.36. The molecule has 2 aromatic carbocycles. The first-order chi connectivity index (χ1) is 14.8. The fourth-order valence-electron chi connectivity index (χ4n) is 4.27. The molecule has 7 nitrogen and oxygen atoms in total. The average molecular weight is 424 g/mol. The monoisotopic (exact) mass is 424 g/mol. The number of nitrogens with one attached hydrogen (secondary N) is 1. The zero-order valence-electron chi connectivity index (χ0n) is 16.9. The van der Waals surface area contributed by atoms with Crippen molar-refractivity contribution in [2.24, 2.45) is 5.73 Å². The van der Waals surface area contributed by atoms with Gasteiger partial charge in [0.05, 0.1) is 5.52 Å². The Bertz CT molecular complexity index is 1220. The number of aromatic amines is 1. The molecular weight excluding hydrogens is 403 g/mol. The van der Waals surface area contributed by atoms with E-state index in [9.17, 15) is 19.1 Å². The minimum Gasteiger partial charge on any atom is -0.475 e. The van der Waals surface area contributed by atoms with Gasteiger partial charge in [0.1, 0.15) is 12.1 Å². The summed E-state index contributed by atoms with van der Waals surface area (Å²) in [4.78, 5) is 27.6. The van der Waals surface area contributed by atoms with Crippen LogP contribution in [0.2, 0.25) is 0 Å². The fourth-order valence-corrected chi connectivity index (χ4v) is 4.27. The number of fused-ring (bicyclic) bond motifs is 1. The molecule has 0 spiro atoms. The van der Waals surface area contributed by atoms with Crippen molar-refractivity contribution in [2.75, 3.05) is 0 Å². The Morgan fingerprint density at radius 1 is 1.19 bits per heavy atom. The van der Waals surface area contributed by atoms with Crippen LogP contribution in [0.1, 0.15) is 22.4 Å². The van der Waals surface area contributed by atoms with E-state index in [4.69, 9.17) is 15.2 Å². The van der Waals surface area contributed by atoms with Gasteiger partial charge in [0.15, 0.2) is 5.41 Å². The van der Waals surface area contributed by atoms with Crippen molar-refractivity contribution in [3.63, 3.8) is 0 Å². The predicted molar refractivity (Wildman–Crippen MR) is 110 cm³/mol. The summed E-state index contributed by atoms with van der Waals surface area (Å²) in [5, 5.41) is 9.81. The molecule has 31 heavy (non-hydrogen) atoms. The van der Waals surface area contributed by atoms with E-state index in [-0.39, 0.29) is 11.9 Å². The van der Waals surface area contributed by atoms with Crippen molar-refractivity contribution in [3.05, 3.63) is 82.7 Å². The highest BCUT2D eigenvalue weighted by atomic mass is 19.1. The summed E-state index contributed by atoms with van der Waals surface area (Å²) in [5.41, 5.74) is 6.97. The molecule has 2 atom stereocenters.